The molecule has 4 atom stereocenters. The lowest BCUT2D eigenvalue weighted by Crippen LogP contribution is -2.59. The molecule has 0 radical (unpaired) electrons. The number of rotatable bonds is 1. The molecule has 4 nitrogen and oxygen atoms in total. The zero-order valence-electron chi connectivity index (χ0n) is 13.7. The molecule has 2 aliphatic rings. The molecule has 2 aliphatic carbocycles. The van der Waals surface area contributed by atoms with E-state index in [1.165, 1.54) is 6.92 Å². The van der Waals surface area contributed by atoms with E-state index in [-0.39, 0.29) is 23.1 Å². The Bertz CT molecular complexity index is 499. The van der Waals surface area contributed by atoms with Crippen LogP contribution in [0.15, 0.2) is 11.1 Å². The van der Waals surface area contributed by atoms with Crippen LogP contribution in [0.4, 0.5) is 0 Å². The Morgan fingerprint density at radius 2 is 1.90 bits per heavy atom. The van der Waals surface area contributed by atoms with Crippen LogP contribution in [0.1, 0.15) is 60.3 Å². The van der Waals surface area contributed by atoms with Crippen LogP contribution in [0.3, 0.4) is 0 Å². The van der Waals surface area contributed by atoms with Crippen molar-refractivity contribution in [3.8, 4) is 0 Å². The molecule has 4 heteroatoms. The summed E-state index contributed by atoms with van der Waals surface area (Å²) < 4.78 is 5.33. The first-order valence-corrected chi connectivity index (χ1v) is 7.67. The van der Waals surface area contributed by atoms with Crippen molar-refractivity contribution in [3.63, 3.8) is 0 Å². The van der Waals surface area contributed by atoms with Crippen LogP contribution in [-0.4, -0.2) is 28.6 Å². The van der Waals surface area contributed by atoms with Crippen molar-refractivity contribution in [3.05, 3.63) is 11.1 Å². The van der Waals surface area contributed by atoms with Crippen molar-refractivity contribution >= 4 is 11.8 Å². The first-order valence-electron chi connectivity index (χ1n) is 7.67. The Morgan fingerprint density at radius 1 is 1.29 bits per heavy atom. The predicted octanol–water partition coefficient (Wildman–Crippen LogP) is 2.78. The molecule has 2 rings (SSSR count). The van der Waals surface area contributed by atoms with Gasteiger partial charge in [-0.15, -0.1) is 0 Å². The minimum atomic E-state index is -1.10. The molecule has 0 aromatic heterocycles. The van der Waals surface area contributed by atoms with Crippen LogP contribution in [0.5, 0.6) is 0 Å². The summed E-state index contributed by atoms with van der Waals surface area (Å²) in [6.45, 7) is 9.08. The van der Waals surface area contributed by atoms with Gasteiger partial charge in [0.2, 0.25) is 0 Å². The number of aliphatic hydroxyl groups is 1. The number of Topliss-reactive ketones (excluding diaryl/α,β-unsaturated/α-hetero) is 1. The standard InChI is InChI=1S/C17H26O4/c1-10(2)12-8-14-16(4,9-13(12)19)7-6-15(17(14,5)20)21-11(3)18/h14-15,20H,6-9H2,1-5H3/t14-,15-,16-,17+/m1/s1. The average Bonchev–Trinajstić information content (AvgIpc) is 2.31. The molecule has 0 unspecified atom stereocenters. The summed E-state index contributed by atoms with van der Waals surface area (Å²) in [7, 11) is 0. The second-order valence-electron chi connectivity index (χ2n) is 7.35. The molecule has 0 aromatic carbocycles. The molecular formula is C17H26O4. The van der Waals surface area contributed by atoms with Crippen LogP contribution in [0.2, 0.25) is 0 Å². The number of carbonyl (C=O) groups excluding carboxylic acids is 2. The van der Waals surface area contributed by atoms with Crippen molar-refractivity contribution in [1.82, 2.24) is 0 Å². The zero-order chi connectivity index (χ0) is 16.0. The third kappa shape index (κ3) is 2.78. The Morgan fingerprint density at radius 3 is 2.43 bits per heavy atom. The molecule has 1 N–H and O–H groups in total. The lowest BCUT2D eigenvalue weighted by Gasteiger charge is -2.55. The summed E-state index contributed by atoms with van der Waals surface area (Å²) in [6.07, 6.45) is 1.97. The topological polar surface area (TPSA) is 63.6 Å². The summed E-state index contributed by atoms with van der Waals surface area (Å²) >= 11 is 0. The van der Waals surface area contributed by atoms with Crippen LogP contribution in [-0.2, 0) is 14.3 Å². The van der Waals surface area contributed by atoms with E-state index in [9.17, 15) is 14.7 Å². The molecular weight excluding hydrogens is 268 g/mol. The van der Waals surface area contributed by atoms with Gasteiger partial charge in [-0.05, 0) is 51.0 Å². The van der Waals surface area contributed by atoms with Gasteiger partial charge in [0.1, 0.15) is 11.7 Å². The van der Waals surface area contributed by atoms with Gasteiger partial charge in [-0.25, -0.2) is 0 Å². The Balaban J connectivity index is 2.36. The molecule has 118 valence electrons. The van der Waals surface area contributed by atoms with E-state index in [1.54, 1.807) is 6.92 Å². The van der Waals surface area contributed by atoms with Crippen molar-refractivity contribution in [1.29, 1.82) is 0 Å². The largest absolute Gasteiger partial charge is 0.459 e. The number of ketones is 1. The molecule has 2 fully saturated rings. The highest BCUT2D eigenvalue weighted by Crippen LogP contribution is 2.55. The minimum Gasteiger partial charge on any atom is -0.459 e. The van der Waals surface area contributed by atoms with Crippen LogP contribution >= 0.6 is 0 Å². The van der Waals surface area contributed by atoms with Gasteiger partial charge in [0.15, 0.2) is 5.78 Å². The van der Waals surface area contributed by atoms with E-state index in [1.807, 2.05) is 13.8 Å². The maximum Gasteiger partial charge on any atom is 0.303 e. The minimum absolute atomic E-state index is 0.0642. The van der Waals surface area contributed by atoms with Crippen LogP contribution < -0.4 is 0 Å². The fraction of sp³-hybridized carbons (Fsp3) is 0.765. The van der Waals surface area contributed by atoms with Gasteiger partial charge in [0.05, 0.1) is 0 Å². The Kier molecular flexibility index (Phi) is 4.04. The average molecular weight is 294 g/mol. The lowest BCUT2D eigenvalue weighted by molar-refractivity contribution is -0.198. The van der Waals surface area contributed by atoms with Crippen LogP contribution in [0, 0.1) is 11.3 Å². The quantitative estimate of drug-likeness (QED) is 0.596. The summed E-state index contributed by atoms with van der Waals surface area (Å²) in [5, 5.41) is 11.0. The number of ether oxygens (including phenoxy) is 1. The van der Waals surface area contributed by atoms with Gasteiger partial charge in [-0.2, -0.15) is 0 Å². The highest BCUT2D eigenvalue weighted by Gasteiger charge is 2.57. The number of allylic oxidation sites excluding steroid dienone is 2. The first-order chi connectivity index (χ1) is 9.58. The van der Waals surface area contributed by atoms with E-state index in [0.717, 1.165) is 17.6 Å². The first kappa shape index (κ1) is 16.2. The lowest BCUT2D eigenvalue weighted by atomic mass is 9.53. The van der Waals surface area contributed by atoms with E-state index in [0.29, 0.717) is 19.3 Å². The third-order valence-corrected chi connectivity index (χ3v) is 5.40. The fourth-order valence-corrected chi connectivity index (χ4v) is 4.17. The summed E-state index contributed by atoms with van der Waals surface area (Å²) in [4.78, 5) is 23.6. The Hall–Kier alpha value is -1.16. The summed E-state index contributed by atoms with van der Waals surface area (Å²) in [6, 6.07) is 0. The van der Waals surface area contributed by atoms with Crippen molar-refractivity contribution in [2.45, 2.75) is 72.0 Å². The second-order valence-corrected chi connectivity index (χ2v) is 7.35. The highest BCUT2D eigenvalue weighted by atomic mass is 16.6. The van der Waals surface area contributed by atoms with Crippen LogP contribution in [0.25, 0.3) is 0 Å². The molecule has 0 bridgehead atoms. The summed E-state index contributed by atoms with van der Waals surface area (Å²) in [5.41, 5.74) is 0.546. The number of esters is 1. The van der Waals surface area contributed by atoms with E-state index in [4.69, 9.17) is 4.74 Å². The van der Waals surface area contributed by atoms with E-state index in [2.05, 4.69) is 6.92 Å². The molecule has 0 aliphatic heterocycles. The van der Waals surface area contributed by atoms with Gasteiger partial charge in [-0.3, -0.25) is 9.59 Å². The van der Waals surface area contributed by atoms with Gasteiger partial charge in [0.25, 0.3) is 0 Å². The van der Waals surface area contributed by atoms with Crippen molar-refractivity contribution < 1.29 is 19.4 Å². The molecule has 0 heterocycles. The molecule has 0 aromatic rings. The Labute approximate surface area is 126 Å². The molecule has 0 spiro atoms. The smallest absolute Gasteiger partial charge is 0.303 e. The number of hydrogen-bond donors (Lipinski definition) is 1. The van der Waals surface area contributed by atoms with Gasteiger partial charge >= 0.3 is 5.97 Å². The normalized spacial score (nSPS) is 39.7. The summed E-state index contributed by atoms with van der Waals surface area (Å²) in [5.74, 6) is -0.223. The molecule has 0 amide bonds. The third-order valence-electron chi connectivity index (χ3n) is 5.40. The maximum atomic E-state index is 12.3. The van der Waals surface area contributed by atoms with E-state index >= 15 is 0 Å². The number of hydrogen-bond acceptors (Lipinski definition) is 4. The van der Waals surface area contributed by atoms with Crippen molar-refractivity contribution in [2.24, 2.45) is 11.3 Å². The van der Waals surface area contributed by atoms with Gasteiger partial charge < -0.3 is 9.84 Å². The van der Waals surface area contributed by atoms with Gasteiger partial charge in [-0.1, -0.05) is 12.5 Å². The maximum absolute atomic E-state index is 12.3. The highest BCUT2D eigenvalue weighted by molar-refractivity contribution is 5.97. The molecule has 2 saturated carbocycles. The van der Waals surface area contributed by atoms with E-state index < -0.39 is 11.7 Å². The monoisotopic (exact) mass is 294 g/mol. The fourth-order valence-electron chi connectivity index (χ4n) is 4.17. The number of carbonyl (C=O) groups is 2. The predicted molar refractivity (Wildman–Crippen MR) is 79.6 cm³/mol. The van der Waals surface area contributed by atoms with Gasteiger partial charge in [0, 0.05) is 19.3 Å². The molecule has 0 saturated heterocycles. The number of fused-ring (bicyclic) bond motifs is 1. The second kappa shape index (κ2) is 5.24. The van der Waals surface area contributed by atoms with Crippen molar-refractivity contribution in [2.75, 3.05) is 0 Å². The molecule has 21 heavy (non-hydrogen) atoms. The SMILES string of the molecule is CC(=O)O[C@@H]1CC[C@]2(C)CC(=O)C(=C(C)C)C[C@H]2[C@]1(C)O. The zero-order valence-corrected chi connectivity index (χ0v) is 13.7.